The molecule has 2 atom stereocenters. The van der Waals surface area contributed by atoms with Gasteiger partial charge in [0.1, 0.15) is 12.5 Å². The van der Waals surface area contributed by atoms with Gasteiger partial charge in [-0.15, -0.1) is 0 Å². The number of aliphatic hydroxyl groups excluding tert-OH is 1. The maximum Gasteiger partial charge on any atom is 0.416 e. The highest BCUT2D eigenvalue weighted by atomic mass is 19.4. The summed E-state index contributed by atoms with van der Waals surface area (Å²) in [7, 11) is 0. The number of hydrogen-bond acceptors (Lipinski definition) is 4. The van der Waals surface area contributed by atoms with Gasteiger partial charge in [0.25, 0.3) is 0 Å². The van der Waals surface area contributed by atoms with E-state index in [4.69, 9.17) is 9.47 Å². The molecule has 0 saturated carbocycles. The minimum atomic E-state index is -4.40. The van der Waals surface area contributed by atoms with E-state index >= 15 is 0 Å². The summed E-state index contributed by atoms with van der Waals surface area (Å²) in [6, 6.07) is 9.42. The fraction of sp³-hybridized carbons (Fsp3) is 0.391. The Morgan fingerprint density at radius 1 is 0.967 bits per heavy atom. The number of aliphatic hydroxyl groups is 1. The summed E-state index contributed by atoms with van der Waals surface area (Å²) in [6.45, 7) is 1.54. The van der Waals surface area contributed by atoms with E-state index in [1.54, 1.807) is 0 Å². The number of rotatable bonds is 2. The monoisotopic (exact) mass is 417 g/mol. The minimum Gasteiger partial charge on any atom is -0.458 e. The Kier molecular flexibility index (Phi) is 4.75. The topological polar surface area (TPSA) is 41.9 Å². The van der Waals surface area contributed by atoms with Gasteiger partial charge in [-0.2, -0.15) is 13.2 Å². The normalized spacial score (nSPS) is 24.1. The first-order valence-electron chi connectivity index (χ1n) is 10.1. The highest BCUT2D eigenvalue weighted by molar-refractivity contribution is 5.50. The van der Waals surface area contributed by atoms with Crippen molar-refractivity contribution in [2.45, 2.75) is 43.5 Å². The number of likely N-dealkylation sites (tertiary alicyclic amines) is 1. The average molecular weight is 417 g/mol. The first kappa shape index (κ1) is 19.5. The van der Waals surface area contributed by atoms with Gasteiger partial charge in [0.05, 0.1) is 11.7 Å². The van der Waals surface area contributed by atoms with E-state index in [0.717, 1.165) is 54.9 Å². The predicted molar refractivity (Wildman–Crippen MR) is 104 cm³/mol. The van der Waals surface area contributed by atoms with Crippen LogP contribution < -0.4 is 9.47 Å². The van der Waals surface area contributed by atoms with Gasteiger partial charge in [-0.05, 0) is 67.6 Å². The van der Waals surface area contributed by atoms with E-state index in [-0.39, 0.29) is 6.04 Å². The van der Waals surface area contributed by atoms with Gasteiger partial charge >= 0.3 is 6.18 Å². The fourth-order valence-corrected chi connectivity index (χ4v) is 4.92. The third kappa shape index (κ3) is 3.36. The summed E-state index contributed by atoms with van der Waals surface area (Å²) in [5, 5.41) is 10.8. The lowest BCUT2D eigenvalue weighted by molar-refractivity contribution is -0.137. The molecule has 158 valence electrons. The van der Waals surface area contributed by atoms with Crippen LogP contribution >= 0.6 is 0 Å². The predicted octanol–water partition coefficient (Wildman–Crippen LogP) is 4.79. The van der Waals surface area contributed by atoms with Gasteiger partial charge in [0.15, 0.2) is 11.5 Å². The number of nitrogens with zero attached hydrogens (tertiary/aromatic N) is 1. The first-order chi connectivity index (χ1) is 14.4. The summed E-state index contributed by atoms with van der Waals surface area (Å²) in [4.78, 5) is 2.21. The molecule has 30 heavy (non-hydrogen) atoms. The molecule has 1 aliphatic carbocycles. The van der Waals surface area contributed by atoms with E-state index in [2.05, 4.69) is 11.0 Å². The summed E-state index contributed by atoms with van der Waals surface area (Å²) < 4.78 is 50.3. The van der Waals surface area contributed by atoms with Crippen molar-refractivity contribution in [3.8, 4) is 11.5 Å². The van der Waals surface area contributed by atoms with Crippen molar-refractivity contribution in [2.75, 3.05) is 13.1 Å². The summed E-state index contributed by atoms with van der Waals surface area (Å²) in [5.74, 6) is 1.77. The fourth-order valence-electron chi connectivity index (χ4n) is 4.92. The molecule has 2 aliphatic heterocycles. The quantitative estimate of drug-likeness (QED) is 0.763. The molecule has 2 unspecified atom stereocenters. The van der Waals surface area contributed by atoms with Crippen LogP contribution in [0.4, 0.5) is 13.2 Å². The van der Waals surface area contributed by atoms with Gasteiger partial charge < -0.3 is 14.6 Å². The highest BCUT2D eigenvalue weighted by Crippen LogP contribution is 2.44. The smallest absolute Gasteiger partial charge is 0.416 e. The summed E-state index contributed by atoms with van der Waals surface area (Å²) >= 11 is 0. The largest absolute Gasteiger partial charge is 0.458 e. The van der Waals surface area contributed by atoms with Crippen LogP contribution in [0.5, 0.6) is 11.5 Å². The molecule has 0 amide bonds. The van der Waals surface area contributed by atoms with Crippen LogP contribution in [-0.2, 0) is 12.6 Å². The first-order valence-corrected chi connectivity index (χ1v) is 10.1. The summed E-state index contributed by atoms with van der Waals surface area (Å²) in [5.41, 5.74) is 1.62. The van der Waals surface area contributed by atoms with E-state index in [1.165, 1.54) is 18.6 Å². The second-order valence-electron chi connectivity index (χ2n) is 8.12. The maximum atomic E-state index is 13.0. The van der Waals surface area contributed by atoms with E-state index < -0.39 is 17.8 Å². The van der Waals surface area contributed by atoms with Gasteiger partial charge in [-0.3, -0.25) is 4.90 Å². The van der Waals surface area contributed by atoms with E-state index in [0.29, 0.717) is 23.7 Å². The molecule has 0 spiro atoms. The van der Waals surface area contributed by atoms with Crippen molar-refractivity contribution >= 4 is 0 Å². The van der Waals surface area contributed by atoms with Crippen LogP contribution in [0.1, 0.15) is 47.1 Å². The molecule has 5 rings (SSSR count). The van der Waals surface area contributed by atoms with Crippen LogP contribution in [0.25, 0.3) is 0 Å². The molecule has 2 aromatic rings. The van der Waals surface area contributed by atoms with E-state index in [1.807, 2.05) is 12.1 Å². The van der Waals surface area contributed by atoms with Crippen LogP contribution in [-0.4, -0.2) is 29.1 Å². The molecule has 2 heterocycles. The molecule has 2 aromatic carbocycles. The molecule has 7 heteroatoms. The number of halogens is 3. The Balaban J connectivity index is 1.29. The van der Waals surface area contributed by atoms with Gasteiger partial charge in [-0.25, -0.2) is 0 Å². The van der Waals surface area contributed by atoms with Gasteiger partial charge in [0, 0.05) is 11.6 Å². The Bertz CT molecular complexity index is 980. The zero-order valence-electron chi connectivity index (χ0n) is 16.2. The zero-order valence-corrected chi connectivity index (χ0v) is 16.2. The average Bonchev–Trinajstić information content (AvgIpc) is 3.09. The number of para-hydroxylation sites is 1. The Labute approximate surface area is 172 Å². The van der Waals surface area contributed by atoms with E-state index in [9.17, 15) is 18.3 Å². The number of fused-ring (bicyclic) bond motifs is 2. The molecular formula is C23H22F3NO3. The number of ether oxygens (including phenoxy) is 2. The lowest BCUT2D eigenvalue weighted by atomic mass is 9.87. The number of alkyl halides is 3. The minimum absolute atomic E-state index is 0.184. The van der Waals surface area contributed by atoms with Crippen molar-refractivity contribution in [1.29, 1.82) is 0 Å². The van der Waals surface area contributed by atoms with Crippen LogP contribution in [0.15, 0.2) is 48.9 Å². The molecule has 0 aromatic heterocycles. The van der Waals surface area contributed by atoms with Crippen LogP contribution in [0.3, 0.4) is 0 Å². The van der Waals surface area contributed by atoms with Gasteiger partial charge in [-0.1, -0.05) is 18.2 Å². The van der Waals surface area contributed by atoms with Crippen molar-refractivity contribution in [1.82, 2.24) is 4.90 Å². The molecule has 0 radical (unpaired) electrons. The third-order valence-electron chi connectivity index (χ3n) is 6.47. The number of piperidine rings is 1. The highest BCUT2D eigenvalue weighted by Gasteiger charge is 2.39. The van der Waals surface area contributed by atoms with Crippen molar-refractivity contribution in [3.63, 3.8) is 0 Å². The zero-order chi connectivity index (χ0) is 20.9. The van der Waals surface area contributed by atoms with Crippen LogP contribution in [0, 0.1) is 0 Å². The Morgan fingerprint density at radius 3 is 2.50 bits per heavy atom. The lowest BCUT2D eigenvalue weighted by Gasteiger charge is -2.38. The molecule has 3 aliphatic rings. The molecule has 1 fully saturated rings. The lowest BCUT2D eigenvalue weighted by Crippen LogP contribution is -2.43. The second-order valence-corrected chi connectivity index (χ2v) is 8.12. The molecule has 4 nitrogen and oxygen atoms in total. The van der Waals surface area contributed by atoms with Crippen molar-refractivity contribution in [2.24, 2.45) is 0 Å². The Hall–Kier alpha value is -2.51. The number of hydrogen-bond donors (Lipinski definition) is 1. The van der Waals surface area contributed by atoms with Gasteiger partial charge in [0.2, 0.25) is 0 Å². The standard InChI is InChI=1S/C23H22F3NO3/c24-23(25,26)16-5-4-15-12-19(21(28)18(15)13-16)27-8-6-14(7-9-27)17-2-1-3-20-22(17)30-11-10-29-20/h1-5,10-11,13-14,19,21,28H,6-9,12H2. The van der Waals surface area contributed by atoms with Crippen molar-refractivity contribution < 1.29 is 27.8 Å². The third-order valence-corrected chi connectivity index (χ3v) is 6.47. The van der Waals surface area contributed by atoms with Crippen LogP contribution in [0.2, 0.25) is 0 Å². The molecular weight excluding hydrogens is 395 g/mol. The van der Waals surface area contributed by atoms with Crippen molar-refractivity contribution in [3.05, 3.63) is 71.2 Å². The molecule has 0 bridgehead atoms. The second kappa shape index (κ2) is 7.32. The maximum absolute atomic E-state index is 13.0. The summed E-state index contributed by atoms with van der Waals surface area (Å²) in [6.07, 6.45) is 0.0851. The SMILES string of the molecule is OC1c2cc(C(F)(F)F)ccc2CC1N1CCC(c2cccc3c2OC=CO3)CC1. The molecule has 1 N–H and O–H groups in total. The Morgan fingerprint density at radius 2 is 1.73 bits per heavy atom. The molecule has 1 saturated heterocycles. The number of benzene rings is 2.